The van der Waals surface area contributed by atoms with Crippen molar-refractivity contribution in [3.05, 3.63) is 35.7 Å². The van der Waals surface area contributed by atoms with Crippen LogP contribution in [0.1, 0.15) is 32.6 Å². The van der Waals surface area contributed by atoms with Crippen LogP contribution in [0.15, 0.2) is 35.7 Å². The van der Waals surface area contributed by atoms with Gasteiger partial charge in [-0.2, -0.15) is 0 Å². The standard InChI is InChI=1S/C17H20N2O3S/c1-2-6-13(16(21)22)9-10-15(20)19-17-18-14(11-23-17)12-7-4-3-5-8-12/h3-5,7-8,11,13H,2,6,9-10H2,1H3,(H,21,22)(H,18,19,20)/p-1/t13-/m0/s1. The third-order valence-electron chi connectivity index (χ3n) is 3.51. The molecule has 0 bridgehead atoms. The summed E-state index contributed by atoms with van der Waals surface area (Å²) in [6.45, 7) is 1.91. The van der Waals surface area contributed by atoms with E-state index in [1.807, 2.05) is 42.6 Å². The zero-order valence-corrected chi connectivity index (χ0v) is 13.8. The summed E-state index contributed by atoms with van der Waals surface area (Å²) in [7, 11) is 0. The van der Waals surface area contributed by atoms with Gasteiger partial charge in [0.25, 0.3) is 0 Å². The summed E-state index contributed by atoms with van der Waals surface area (Å²) < 4.78 is 0. The van der Waals surface area contributed by atoms with E-state index in [1.165, 1.54) is 11.3 Å². The normalized spacial score (nSPS) is 11.9. The summed E-state index contributed by atoms with van der Waals surface area (Å²) in [4.78, 5) is 27.3. The van der Waals surface area contributed by atoms with Gasteiger partial charge >= 0.3 is 0 Å². The van der Waals surface area contributed by atoms with E-state index in [-0.39, 0.29) is 12.3 Å². The number of carboxylic acids is 1. The van der Waals surface area contributed by atoms with Crippen LogP contribution < -0.4 is 10.4 Å². The molecule has 1 heterocycles. The zero-order valence-electron chi connectivity index (χ0n) is 13.0. The van der Waals surface area contributed by atoms with E-state index in [1.54, 1.807) is 0 Å². The van der Waals surface area contributed by atoms with Crippen molar-refractivity contribution in [1.29, 1.82) is 0 Å². The van der Waals surface area contributed by atoms with E-state index in [4.69, 9.17) is 0 Å². The maximum absolute atomic E-state index is 11.9. The smallest absolute Gasteiger partial charge is 0.226 e. The molecule has 0 aliphatic rings. The molecule has 5 nitrogen and oxygen atoms in total. The fourth-order valence-electron chi connectivity index (χ4n) is 2.29. The zero-order chi connectivity index (χ0) is 16.7. The average molecular weight is 331 g/mol. The van der Waals surface area contributed by atoms with E-state index >= 15 is 0 Å². The Hall–Kier alpha value is -2.21. The van der Waals surface area contributed by atoms with Crippen molar-refractivity contribution in [3.8, 4) is 11.3 Å². The molecule has 0 saturated heterocycles. The number of nitrogens with zero attached hydrogens (tertiary/aromatic N) is 1. The van der Waals surface area contributed by atoms with E-state index in [0.717, 1.165) is 17.7 Å². The molecule has 2 aromatic rings. The lowest BCUT2D eigenvalue weighted by Crippen LogP contribution is -2.32. The maximum Gasteiger partial charge on any atom is 0.226 e. The van der Waals surface area contributed by atoms with Gasteiger partial charge < -0.3 is 15.2 Å². The minimum atomic E-state index is -1.08. The first-order valence-corrected chi connectivity index (χ1v) is 8.49. The summed E-state index contributed by atoms with van der Waals surface area (Å²) in [5, 5.41) is 16.1. The van der Waals surface area contributed by atoms with Crippen molar-refractivity contribution >= 4 is 28.3 Å². The lowest BCUT2D eigenvalue weighted by atomic mass is 9.98. The second-order valence-corrected chi connectivity index (χ2v) is 6.15. The largest absolute Gasteiger partial charge is 0.550 e. The molecule has 0 unspecified atom stereocenters. The lowest BCUT2D eigenvalue weighted by molar-refractivity contribution is -0.312. The molecule has 23 heavy (non-hydrogen) atoms. The minimum absolute atomic E-state index is 0.152. The van der Waals surface area contributed by atoms with Crippen LogP contribution in [-0.2, 0) is 9.59 Å². The van der Waals surface area contributed by atoms with Gasteiger partial charge in [0.2, 0.25) is 5.91 Å². The fourth-order valence-corrected chi connectivity index (χ4v) is 3.02. The molecule has 0 aliphatic carbocycles. The van der Waals surface area contributed by atoms with Gasteiger partial charge in [0.15, 0.2) is 5.13 Å². The molecule has 1 atom stereocenters. The average Bonchev–Trinajstić information content (AvgIpc) is 3.00. The molecule has 0 radical (unpaired) electrons. The van der Waals surface area contributed by atoms with Gasteiger partial charge in [-0.1, -0.05) is 43.7 Å². The number of hydrogen-bond donors (Lipinski definition) is 1. The van der Waals surface area contributed by atoms with Crippen LogP contribution in [0.3, 0.4) is 0 Å². The highest BCUT2D eigenvalue weighted by Gasteiger charge is 2.13. The van der Waals surface area contributed by atoms with Gasteiger partial charge in [0.05, 0.1) is 5.69 Å². The first-order valence-electron chi connectivity index (χ1n) is 7.61. The number of carbonyl (C=O) groups is 2. The molecule has 1 N–H and O–H groups in total. The van der Waals surface area contributed by atoms with Gasteiger partial charge in [0.1, 0.15) is 0 Å². The maximum atomic E-state index is 11.9. The van der Waals surface area contributed by atoms with E-state index < -0.39 is 11.9 Å². The van der Waals surface area contributed by atoms with Crippen molar-refractivity contribution in [2.75, 3.05) is 5.32 Å². The molecule has 2 rings (SSSR count). The number of thiazole rings is 1. The quantitative estimate of drug-likeness (QED) is 0.806. The molecular formula is C17H19N2O3S-. The number of benzene rings is 1. The Labute approximate surface area is 139 Å². The van der Waals surface area contributed by atoms with Gasteiger partial charge in [-0.25, -0.2) is 4.98 Å². The summed E-state index contributed by atoms with van der Waals surface area (Å²) in [5.41, 5.74) is 1.80. The molecule has 0 saturated carbocycles. The Balaban J connectivity index is 1.88. The van der Waals surface area contributed by atoms with Crippen LogP contribution >= 0.6 is 11.3 Å². The van der Waals surface area contributed by atoms with E-state index in [0.29, 0.717) is 18.0 Å². The van der Waals surface area contributed by atoms with E-state index in [2.05, 4.69) is 10.3 Å². The highest BCUT2D eigenvalue weighted by molar-refractivity contribution is 7.14. The second-order valence-electron chi connectivity index (χ2n) is 5.30. The predicted molar refractivity (Wildman–Crippen MR) is 88.8 cm³/mol. The van der Waals surface area contributed by atoms with Crippen molar-refractivity contribution in [1.82, 2.24) is 4.98 Å². The van der Waals surface area contributed by atoms with Crippen molar-refractivity contribution in [3.63, 3.8) is 0 Å². The number of anilines is 1. The van der Waals surface area contributed by atoms with Crippen LogP contribution in [0.5, 0.6) is 0 Å². The number of aromatic nitrogens is 1. The van der Waals surface area contributed by atoms with Crippen LogP contribution in [0, 0.1) is 5.92 Å². The third-order valence-corrected chi connectivity index (χ3v) is 4.27. The van der Waals surface area contributed by atoms with Crippen molar-refractivity contribution in [2.24, 2.45) is 5.92 Å². The van der Waals surface area contributed by atoms with Gasteiger partial charge in [-0.05, 0) is 18.8 Å². The number of hydrogen-bond acceptors (Lipinski definition) is 5. The van der Waals surface area contributed by atoms with Crippen LogP contribution in [0.2, 0.25) is 0 Å². The second kappa shape index (κ2) is 8.43. The third kappa shape index (κ3) is 5.17. The molecule has 1 aromatic carbocycles. The van der Waals surface area contributed by atoms with Crippen molar-refractivity contribution < 1.29 is 14.7 Å². The first kappa shape index (κ1) is 17.1. The molecule has 0 spiro atoms. The molecule has 6 heteroatoms. The summed E-state index contributed by atoms with van der Waals surface area (Å²) in [5.74, 6) is -1.87. The Morgan fingerprint density at radius 3 is 2.65 bits per heavy atom. The predicted octanol–water partition coefficient (Wildman–Crippen LogP) is 2.70. The summed E-state index contributed by atoms with van der Waals surface area (Å²) >= 11 is 1.35. The highest BCUT2D eigenvalue weighted by atomic mass is 32.1. The number of amides is 1. The fraction of sp³-hybridized carbons (Fsp3) is 0.353. The Morgan fingerprint density at radius 1 is 1.26 bits per heavy atom. The number of aliphatic carboxylic acids is 1. The number of nitrogens with one attached hydrogen (secondary N) is 1. The van der Waals surface area contributed by atoms with Crippen LogP contribution in [0.4, 0.5) is 5.13 Å². The summed E-state index contributed by atoms with van der Waals surface area (Å²) in [6, 6.07) is 9.70. The molecule has 1 amide bonds. The molecule has 1 aromatic heterocycles. The number of carbonyl (C=O) groups excluding carboxylic acids is 2. The Kier molecular flexibility index (Phi) is 6.29. The Morgan fingerprint density at radius 2 is 2.00 bits per heavy atom. The van der Waals surface area contributed by atoms with E-state index in [9.17, 15) is 14.7 Å². The van der Waals surface area contributed by atoms with Crippen LogP contribution in [0.25, 0.3) is 11.3 Å². The number of rotatable bonds is 8. The first-order chi connectivity index (χ1) is 11.1. The lowest BCUT2D eigenvalue weighted by Gasteiger charge is -2.16. The van der Waals surface area contributed by atoms with Gasteiger partial charge in [-0.15, -0.1) is 11.3 Å². The summed E-state index contributed by atoms with van der Waals surface area (Å²) in [6.07, 6.45) is 1.73. The monoisotopic (exact) mass is 331 g/mol. The van der Waals surface area contributed by atoms with Gasteiger partial charge in [0, 0.05) is 23.3 Å². The highest BCUT2D eigenvalue weighted by Crippen LogP contribution is 2.24. The number of carboxylic acid groups (broad SMARTS) is 1. The topological polar surface area (TPSA) is 82.1 Å². The minimum Gasteiger partial charge on any atom is -0.550 e. The van der Waals surface area contributed by atoms with Crippen molar-refractivity contribution in [2.45, 2.75) is 32.6 Å². The molecule has 122 valence electrons. The Bertz CT molecular complexity index is 655. The molecule has 0 fully saturated rings. The van der Waals surface area contributed by atoms with Gasteiger partial charge in [-0.3, -0.25) is 4.79 Å². The molecular weight excluding hydrogens is 312 g/mol. The molecule has 0 aliphatic heterocycles. The SMILES string of the molecule is CCC[C@@H](CCC(=O)Nc1nc(-c2ccccc2)cs1)C(=O)[O-]. The van der Waals surface area contributed by atoms with Crippen LogP contribution in [-0.4, -0.2) is 16.9 Å².